The second kappa shape index (κ2) is 4.49. The van der Waals surface area contributed by atoms with Gasteiger partial charge in [-0.15, -0.1) is 0 Å². The molecular formula is C11H20N2O. The van der Waals surface area contributed by atoms with Gasteiger partial charge in [-0.05, 0) is 18.8 Å². The molecule has 1 N–H and O–H groups in total. The van der Waals surface area contributed by atoms with Gasteiger partial charge in [0.25, 0.3) is 5.56 Å². The van der Waals surface area contributed by atoms with E-state index in [-0.39, 0.29) is 5.56 Å². The molecule has 0 unspecified atom stereocenters. The van der Waals surface area contributed by atoms with Crippen LogP contribution in [0.2, 0.25) is 0 Å². The number of hydrogen-bond donors (Lipinski definition) is 1. The standard InChI is InChI=1S/C11H20N2O/c1-5-6-10-9(7-8(2)3)11(14)12-13(10)4/h8H,5-7H2,1-4H3,(H,12,14). The predicted octanol–water partition coefficient (Wildman–Crippen LogP) is 1.86. The van der Waals surface area contributed by atoms with Crippen molar-refractivity contribution in [3.05, 3.63) is 21.6 Å². The fourth-order valence-electron chi connectivity index (χ4n) is 1.79. The highest BCUT2D eigenvalue weighted by Crippen LogP contribution is 2.10. The summed E-state index contributed by atoms with van der Waals surface area (Å²) in [7, 11) is 1.91. The molecule has 0 saturated heterocycles. The maximum absolute atomic E-state index is 11.6. The number of aromatic amines is 1. The maximum atomic E-state index is 11.6. The lowest BCUT2D eigenvalue weighted by molar-refractivity contribution is 0.632. The number of nitrogens with one attached hydrogen (secondary N) is 1. The summed E-state index contributed by atoms with van der Waals surface area (Å²) in [6.45, 7) is 6.42. The van der Waals surface area contributed by atoms with Gasteiger partial charge in [0.15, 0.2) is 0 Å². The molecule has 14 heavy (non-hydrogen) atoms. The molecule has 0 aliphatic heterocycles. The molecule has 0 bridgehead atoms. The second-order valence-corrected chi connectivity index (χ2v) is 4.27. The fourth-order valence-corrected chi connectivity index (χ4v) is 1.79. The van der Waals surface area contributed by atoms with Crippen LogP contribution in [0, 0.1) is 5.92 Å². The Morgan fingerprint density at radius 1 is 1.43 bits per heavy atom. The van der Waals surface area contributed by atoms with Gasteiger partial charge < -0.3 is 0 Å². The van der Waals surface area contributed by atoms with Crippen LogP contribution in [-0.4, -0.2) is 9.78 Å². The zero-order valence-electron chi connectivity index (χ0n) is 9.55. The molecule has 0 atom stereocenters. The van der Waals surface area contributed by atoms with E-state index in [1.165, 1.54) is 5.69 Å². The van der Waals surface area contributed by atoms with E-state index in [1.807, 2.05) is 11.7 Å². The SMILES string of the molecule is CCCc1c(CC(C)C)c(=O)[nH]n1C. The third-order valence-corrected chi connectivity index (χ3v) is 2.40. The Morgan fingerprint density at radius 3 is 2.57 bits per heavy atom. The summed E-state index contributed by atoms with van der Waals surface area (Å²) in [4.78, 5) is 11.6. The average Bonchev–Trinajstić information content (AvgIpc) is 2.31. The molecule has 3 nitrogen and oxygen atoms in total. The third-order valence-electron chi connectivity index (χ3n) is 2.40. The van der Waals surface area contributed by atoms with Crippen molar-refractivity contribution in [2.75, 3.05) is 0 Å². The lowest BCUT2D eigenvalue weighted by Gasteiger charge is -2.06. The molecule has 1 heterocycles. The van der Waals surface area contributed by atoms with Crippen molar-refractivity contribution in [2.45, 2.75) is 40.0 Å². The summed E-state index contributed by atoms with van der Waals surface area (Å²) >= 11 is 0. The molecule has 0 saturated carbocycles. The molecule has 0 aliphatic carbocycles. The van der Waals surface area contributed by atoms with Crippen LogP contribution in [0.15, 0.2) is 4.79 Å². The highest BCUT2D eigenvalue weighted by molar-refractivity contribution is 5.18. The van der Waals surface area contributed by atoms with Crippen LogP contribution >= 0.6 is 0 Å². The Labute approximate surface area is 85.1 Å². The first-order chi connectivity index (χ1) is 6.56. The van der Waals surface area contributed by atoms with Crippen LogP contribution in [0.3, 0.4) is 0 Å². The van der Waals surface area contributed by atoms with Crippen LogP contribution in [0.5, 0.6) is 0 Å². The van der Waals surface area contributed by atoms with Crippen molar-refractivity contribution in [1.29, 1.82) is 0 Å². The predicted molar refractivity (Wildman–Crippen MR) is 58.6 cm³/mol. The van der Waals surface area contributed by atoms with Crippen molar-refractivity contribution in [3.63, 3.8) is 0 Å². The van der Waals surface area contributed by atoms with Crippen LogP contribution in [0.25, 0.3) is 0 Å². The molecule has 1 aromatic heterocycles. The first-order valence-corrected chi connectivity index (χ1v) is 5.33. The van der Waals surface area contributed by atoms with E-state index in [2.05, 4.69) is 25.9 Å². The van der Waals surface area contributed by atoms with Gasteiger partial charge >= 0.3 is 0 Å². The highest BCUT2D eigenvalue weighted by Gasteiger charge is 2.12. The van der Waals surface area contributed by atoms with Gasteiger partial charge in [-0.25, -0.2) is 0 Å². The molecule has 0 spiro atoms. The van der Waals surface area contributed by atoms with Crippen molar-refractivity contribution in [2.24, 2.45) is 13.0 Å². The van der Waals surface area contributed by atoms with Crippen molar-refractivity contribution in [3.8, 4) is 0 Å². The largest absolute Gasteiger partial charge is 0.292 e. The van der Waals surface area contributed by atoms with Gasteiger partial charge in [-0.1, -0.05) is 27.2 Å². The van der Waals surface area contributed by atoms with Gasteiger partial charge in [0.2, 0.25) is 0 Å². The Balaban J connectivity index is 3.05. The number of H-pyrrole nitrogens is 1. The fraction of sp³-hybridized carbons (Fsp3) is 0.727. The van der Waals surface area contributed by atoms with Crippen LogP contribution in [0.1, 0.15) is 38.4 Å². The van der Waals surface area contributed by atoms with E-state index in [1.54, 1.807) is 0 Å². The van der Waals surface area contributed by atoms with Crippen molar-refractivity contribution in [1.82, 2.24) is 9.78 Å². The first-order valence-electron chi connectivity index (χ1n) is 5.33. The summed E-state index contributed by atoms with van der Waals surface area (Å²) < 4.78 is 1.86. The lowest BCUT2D eigenvalue weighted by atomic mass is 10.0. The van der Waals surface area contributed by atoms with Gasteiger partial charge in [0.1, 0.15) is 0 Å². The smallest absolute Gasteiger partial charge is 0.267 e. The van der Waals surface area contributed by atoms with Crippen LogP contribution in [0.4, 0.5) is 0 Å². The normalized spacial score (nSPS) is 11.2. The Kier molecular flexibility index (Phi) is 3.55. The summed E-state index contributed by atoms with van der Waals surface area (Å²) in [5.74, 6) is 0.536. The van der Waals surface area contributed by atoms with E-state index in [4.69, 9.17) is 0 Å². The summed E-state index contributed by atoms with van der Waals surface area (Å²) in [6.07, 6.45) is 2.94. The van der Waals surface area contributed by atoms with E-state index in [9.17, 15) is 4.79 Å². The molecule has 1 rings (SSSR count). The number of hydrogen-bond acceptors (Lipinski definition) is 1. The van der Waals surface area contributed by atoms with Gasteiger partial charge in [0, 0.05) is 18.3 Å². The summed E-state index contributed by atoms with van der Waals surface area (Å²) in [6, 6.07) is 0. The second-order valence-electron chi connectivity index (χ2n) is 4.27. The minimum absolute atomic E-state index is 0.0876. The third kappa shape index (κ3) is 2.28. The van der Waals surface area contributed by atoms with Crippen LogP contribution in [-0.2, 0) is 19.9 Å². The zero-order chi connectivity index (χ0) is 10.7. The quantitative estimate of drug-likeness (QED) is 0.784. The molecular weight excluding hydrogens is 176 g/mol. The number of aryl methyl sites for hydroxylation is 1. The summed E-state index contributed by atoms with van der Waals surface area (Å²) in [5, 5.41) is 2.83. The molecule has 0 aliphatic rings. The Hall–Kier alpha value is -0.990. The van der Waals surface area contributed by atoms with E-state index in [0.29, 0.717) is 5.92 Å². The minimum atomic E-state index is 0.0876. The highest BCUT2D eigenvalue weighted by atomic mass is 16.1. The number of rotatable bonds is 4. The summed E-state index contributed by atoms with van der Waals surface area (Å²) in [5.41, 5.74) is 2.24. The number of nitrogens with zero attached hydrogens (tertiary/aromatic N) is 1. The number of aromatic nitrogens is 2. The molecule has 0 fully saturated rings. The van der Waals surface area contributed by atoms with E-state index in [0.717, 1.165) is 24.8 Å². The van der Waals surface area contributed by atoms with E-state index >= 15 is 0 Å². The molecule has 0 amide bonds. The molecule has 0 aromatic carbocycles. The monoisotopic (exact) mass is 196 g/mol. The molecule has 80 valence electrons. The maximum Gasteiger partial charge on any atom is 0.267 e. The Morgan fingerprint density at radius 2 is 2.07 bits per heavy atom. The van der Waals surface area contributed by atoms with Gasteiger partial charge in [0.05, 0.1) is 0 Å². The average molecular weight is 196 g/mol. The lowest BCUT2D eigenvalue weighted by Crippen LogP contribution is -2.09. The van der Waals surface area contributed by atoms with Crippen LogP contribution < -0.4 is 5.56 Å². The zero-order valence-corrected chi connectivity index (χ0v) is 9.55. The molecule has 0 radical (unpaired) electrons. The molecule has 3 heteroatoms. The Bertz CT molecular complexity index is 347. The minimum Gasteiger partial charge on any atom is -0.292 e. The van der Waals surface area contributed by atoms with Crippen molar-refractivity contribution >= 4 is 0 Å². The van der Waals surface area contributed by atoms with E-state index < -0.39 is 0 Å². The molecule has 1 aromatic rings. The van der Waals surface area contributed by atoms with Gasteiger partial charge in [-0.2, -0.15) is 0 Å². The van der Waals surface area contributed by atoms with Crippen molar-refractivity contribution < 1.29 is 0 Å². The van der Waals surface area contributed by atoms with Gasteiger partial charge in [-0.3, -0.25) is 14.6 Å². The topological polar surface area (TPSA) is 37.8 Å². The first kappa shape index (κ1) is 11.1.